The molecule has 0 aromatic heterocycles. The van der Waals surface area contributed by atoms with Crippen LogP contribution in [0.15, 0.2) is 0 Å². The van der Waals surface area contributed by atoms with Crippen molar-refractivity contribution in [1.29, 1.82) is 5.26 Å². The summed E-state index contributed by atoms with van der Waals surface area (Å²) in [5.41, 5.74) is -0.381. The number of nitrogens with one attached hydrogen (secondary N) is 1. The Hall–Kier alpha value is -1.04. The van der Waals surface area contributed by atoms with E-state index in [0.717, 1.165) is 19.3 Å². The summed E-state index contributed by atoms with van der Waals surface area (Å²) < 4.78 is 0. The Morgan fingerprint density at radius 2 is 2.12 bits per heavy atom. The zero-order valence-electron chi connectivity index (χ0n) is 11.5. The summed E-state index contributed by atoms with van der Waals surface area (Å²) in [6, 6.07) is 2.21. The fraction of sp³-hybridized carbons (Fsp3) is 0.857. The molecule has 1 aliphatic carbocycles. The normalized spacial score (nSPS) is 23.8. The van der Waals surface area contributed by atoms with Crippen LogP contribution in [0.5, 0.6) is 0 Å². The molecule has 1 N–H and O–H groups in total. The second kappa shape index (κ2) is 5.08. The van der Waals surface area contributed by atoms with E-state index in [1.807, 2.05) is 13.8 Å². The van der Waals surface area contributed by atoms with E-state index in [4.69, 9.17) is 5.26 Å². The van der Waals surface area contributed by atoms with Crippen molar-refractivity contribution in [2.75, 3.05) is 6.54 Å². The average molecular weight is 236 g/mol. The fourth-order valence-electron chi connectivity index (χ4n) is 2.45. The molecule has 0 radical (unpaired) electrons. The van der Waals surface area contributed by atoms with Crippen LogP contribution in [0.25, 0.3) is 0 Å². The van der Waals surface area contributed by atoms with Gasteiger partial charge in [0.05, 0.1) is 11.5 Å². The van der Waals surface area contributed by atoms with Gasteiger partial charge in [0.2, 0.25) is 5.91 Å². The number of carbonyl (C=O) groups excluding carboxylic acids is 1. The third-order valence-electron chi connectivity index (χ3n) is 3.83. The Bertz CT molecular complexity index is 326. The Labute approximate surface area is 105 Å². The molecule has 17 heavy (non-hydrogen) atoms. The highest BCUT2D eigenvalue weighted by Gasteiger charge is 2.37. The second-order valence-corrected chi connectivity index (χ2v) is 6.50. The van der Waals surface area contributed by atoms with Crippen molar-refractivity contribution in [3.8, 4) is 6.07 Å². The average Bonchev–Trinajstić information content (AvgIpc) is 2.25. The van der Waals surface area contributed by atoms with E-state index in [2.05, 4.69) is 25.2 Å². The Kier molecular flexibility index (Phi) is 4.19. The van der Waals surface area contributed by atoms with Crippen LogP contribution in [0.2, 0.25) is 0 Å². The number of rotatable bonds is 3. The second-order valence-electron chi connectivity index (χ2n) is 6.50. The maximum Gasteiger partial charge on any atom is 0.223 e. The number of hydrogen-bond donors (Lipinski definition) is 1. The highest BCUT2D eigenvalue weighted by molar-refractivity contribution is 5.79. The van der Waals surface area contributed by atoms with Crippen LogP contribution in [0.3, 0.4) is 0 Å². The summed E-state index contributed by atoms with van der Waals surface area (Å²) >= 11 is 0. The molecular weight excluding hydrogens is 212 g/mol. The smallest absolute Gasteiger partial charge is 0.223 e. The number of nitriles is 1. The number of amides is 1. The first-order valence-corrected chi connectivity index (χ1v) is 6.47. The van der Waals surface area contributed by atoms with Gasteiger partial charge in [0.1, 0.15) is 0 Å². The summed E-state index contributed by atoms with van der Waals surface area (Å²) in [4.78, 5) is 12.2. The third-order valence-corrected chi connectivity index (χ3v) is 3.83. The number of hydrogen-bond acceptors (Lipinski definition) is 2. The topological polar surface area (TPSA) is 52.9 Å². The molecule has 3 nitrogen and oxygen atoms in total. The van der Waals surface area contributed by atoms with Crippen molar-refractivity contribution in [3.63, 3.8) is 0 Å². The lowest BCUT2D eigenvalue weighted by Crippen LogP contribution is -2.43. The van der Waals surface area contributed by atoms with Crippen molar-refractivity contribution in [2.24, 2.45) is 16.7 Å². The molecule has 1 amide bonds. The summed E-state index contributed by atoms with van der Waals surface area (Å²) in [6.07, 6.45) is 4.46. The SMILES string of the molecule is CC(C)(C#N)CNC(=O)C1CCCCC1(C)C. The molecule has 0 aromatic rings. The van der Waals surface area contributed by atoms with E-state index in [9.17, 15) is 4.79 Å². The van der Waals surface area contributed by atoms with Crippen molar-refractivity contribution >= 4 is 5.91 Å². The van der Waals surface area contributed by atoms with E-state index in [0.29, 0.717) is 6.54 Å². The van der Waals surface area contributed by atoms with Crippen molar-refractivity contribution in [2.45, 2.75) is 53.4 Å². The maximum absolute atomic E-state index is 12.2. The standard InChI is InChI=1S/C14H24N2O/c1-13(2,9-15)10-16-12(17)11-7-5-6-8-14(11,3)4/h11H,5-8,10H2,1-4H3,(H,16,17). The van der Waals surface area contributed by atoms with Crippen LogP contribution in [-0.4, -0.2) is 12.5 Å². The molecule has 1 atom stereocenters. The van der Waals surface area contributed by atoms with Gasteiger partial charge in [-0.3, -0.25) is 4.79 Å². The lowest BCUT2D eigenvalue weighted by atomic mass is 9.68. The molecule has 0 spiro atoms. The van der Waals surface area contributed by atoms with Gasteiger partial charge in [-0.2, -0.15) is 5.26 Å². The van der Waals surface area contributed by atoms with E-state index in [-0.39, 0.29) is 17.2 Å². The summed E-state index contributed by atoms with van der Waals surface area (Å²) in [6.45, 7) is 8.48. The van der Waals surface area contributed by atoms with Crippen LogP contribution in [-0.2, 0) is 4.79 Å². The van der Waals surface area contributed by atoms with E-state index in [1.54, 1.807) is 0 Å². The fourth-order valence-corrected chi connectivity index (χ4v) is 2.45. The van der Waals surface area contributed by atoms with Gasteiger partial charge in [-0.1, -0.05) is 26.7 Å². The van der Waals surface area contributed by atoms with E-state index in [1.165, 1.54) is 6.42 Å². The van der Waals surface area contributed by atoms with Gasteiger partial charge in [0, 0.05) is 12.5 Å². The maximum atomic E-state index is 12.2. The van der Waals surface area contributed by atoms with Gasteiger partial charge in [-0.15, -0.1) is 0 Å². The zero-order valence-corrected chi connectivity index (χ0v) is 11.5. The molecule has 96 valence electrons. The monoisotopic (exact) mass is 236 g/mol. The Morgan fingerprint density at radius 1 is 1.47 bits per heavy atom. The summed E-state index contributed by atoms with van der Waals surface area (Å²) in [5.74, 6) is 0.226. The van der Waals surface area contributed by atoms with Crippen molar-refractivity contribution in [3.05, 3.63) is 0 Å². The Balaban J connectivity index is 2.56. The van der Waals surface area contributed by atoms with E-state index < -0.39 is 5.41 Å². The third kappa shape index (κ3) is 3.73. The molecular formula is C14H24N2O. The van der Waals surface area contributed by atoms with Crippen LogP contribution in [0.1, 0.15) is 53.4 Å². The molecule has 1 rings (SSSR count). The molecule has 0 heterocycles. The quantitative estimate of drug-likeness (QED) is 0.819. The summed E-state index contributed by atoms with van der Waals surface area (Å²) in [7, 11) is 0. The predicted octanol–water partition coefficient (Wildman–Crippen LogP) is 2.87. The van der Waals surface area contributed by atoms with Crippen LogP contribution in [0, 0.1) is 28.1 Å². The Morgan fingerprint density at radius 3 is 2.65 bits per heavy atom. The molecule has 0 aliphatic heterocycles. The van der Waals surface area contributed by atoms with E-state index >= 15 is 0 Å². The number of nitrogens with zero attached hydrogens (tertiary/aromatic N) is 1. The lowest BCUT2D eigenvalue weighted by Gasteiger charge is -2.37. The van der Waals surface area contributed by atoms with Gasteiger partial charge in [0.25, 0.3) is 0 Å². The van der Waals surface area contributed by atoms with Crippen LogP contribution >= 0.6 is 0 Å². The molecule has 1 fully saturated rings. The predicted molar refractivity (Wildman–Crippen MR) is 68.1 cm³/mol. The minimum Gasteiger partial charge on any atom is -0.354 e. The largest absolute Gasteiger partial charge is 0.354 e. The van der Waals surface area contributed by atoms with Gasteiger partial charge in [0.15, 0.2) is 0 Å². The molecule has 0 bridgehead atoms. The first-order chi connectivity index (χ1) is 7.78. The van der Waals surface area contributed by atoms with Gasteiger partial charge in [-0.25, -0.2) is 0 Å². The minimum absolute atomic E-state index is 0.0963. The minimum atomic E-state index is -0.478. The number of carbonyl (C=O) groups is 1. The molecule has 0 saturated heterocycles. The van der Waals surface area contributed by atoms with Crippen LogP contribution < -0.4 is 5.32 Å². The lowest BCUT2D eigenvalue weighted by molar-refractivity contribution is -0.130. The van der Waals surface area contributed by atoms with Gasteiger partial charge in [-0.05, 0) is 32.1 Å². The first-order valence-electron chi connectivity index (χ1n) is 6.47. The highest BCUT2D eigenvalue weighted by atomic mass is 16.1. The van der Waals surface area contributed by atoms with Crippen molar-refractivity contribution < 1.29 is 4.79 Å². The molecule has 1 saturated carbocycles. The molecule has 1 unspecified atom stereocenters. The summed E-state index contributed by atoms with van der Waals surface area (Å²) in [5, 5.41) is 11.9. The first kappa shape index (κ1) is 14.0. The zero-order chi connectivity index (χ0) is 13.1. The molecule has 1 aliphatic rings. The van der Waals surface area contributed by atoms with Crippen molar-refractivity contribution in [1.82, 2.24) is 5.32 Å². The molecule has 3 heteroatoms. The molecule has 0 aromatic carbocycles. The van der Waals surface area contributed by atoms with Gasteiger partial charge < -0.3 is 5.32 Å². The van der Waals surface area contributed by atoms with Gasteiger partial charge >= 0.3 is 0 Å². The van der Waals surface area contributed by atoms with Crippen LogP contribution in [0.4, 0.5) is 0 Å². The highest BCUT2D eigenvalue weighted by Crippen LogP contribution is 2.40.